The molecule has 0 atom stereocenters. The molecule has 0 spiro atoms. The van der Waals surface area contributed by atoms with Gasteiger partial charge in [-0.15, -0.1) is 0 Å². The number of benzene rings is 2. The summed E-state index contributed by atoms with van der Waals surface area (Å²) in [5.74, 6) is 0.769. The number of carbonyl (C=O) groups is 1. The number of nitrogens with zero attached hydrogens (tertiary/aromatic N) is 2. The van der Waals surface area contributed by atoms with Crippen LogP contribution in [0.4, 0.5) is 0 Å². The third-order valence-corrected chi connectivity index (χ3v) is 5.72. The minimum atomic E-state index is -0.274. The van der Waals surface area contributed by atoms with Crippen molar-refractivity contribution in [3.05, 3.63) is 106 Å². The zero-order valence-electron chi connectivity index (χ0n) is 19.7. The minimum Gasteiger partial charge on any atom is -0.289 e. The maximum atomic E-state index is 13.3. The highest BCUT2D eigenvalue weighted by molar-refractivity contribution is 6.55. The highest BCUT2D eigenvalue weighted by Crippen LogP contribution is 2.40. The van der Waals surface area contributed by atoms with Gasteiger partial charge in [0.25, 0.3) is 0 Å². The molecule has 0 saturated heterocycles. The van der Waals surface area contributed by atoms with E-state index < -0.39 is 0 Å². The maximum absolute atomic E-state index is 13.3. The van der Waals surface area contributed by atoms with Crippen LogP contribution < -0.4 is 0 Å². The molecule has 0 radical (unpaired) electrons. The number of rotatable bonds is 2. The fourth-order valence-corrected chi connectivity index (χ4v) is 3.94. The molecule has 2 aliphatic rings. The lowest BCUT2D eigenvalue weighted by Gasteiger charge is -2.31. The second-order valence-electron chi connectivity index (χ2n) is 10.4. The summed E-state index contributed by atoms with van der Waals surface area (Å²) in [6, 6.07) is 20.3. The summed E-state index contributed by atoms with van der Waals surface area (Å²) in [5.41, 5.74) is 5.70. The van der Waals surface area contributed by atoms with Crippen LogP contribution in [0.5, 0.6) is 0 Å². The van der Waals surface area contributed by atoms with E-state index >= 15 is 0 Å². The Bertz CT molecular complexity index is 1120. The Labute approximate surface area is 191 Å². The Balaban J connectivity index is 1.97. The van der Waals surface area contributed by atoms with E-state index in [1.807, 2.05) is 48.6 Å². The van der Waals surface area contributed by atoms with Crippen LogP contribution in [-0.2, 0) is 4.79 Å². The van der Waals surface area contributed by atoms with E-state index in [1.54, 1.807) is 0 Å². The molecule has 0 saturated carbocycles. The standard InChI is InChI=1S/C29H30N2O/c1-28(2,3)22-17-21(18-23(26(22)32)29(4,5)6)27-30-24(19-13-9-7-10-14-19)25(31-27)20-15-11-8-12-16-20/h7-18H,1-6H3. The van der Waals surface area contributed by atoms with E-state index in [0.717, 1.165) is 39.3 Å². The van der Waals surface area contributed by atoms with Crippen LogP contribution in [0, 0.1) is 10.8 Å². The Kier molecular flexibility index (Phi) is 5.46. The molecule has 0 amide bonds. The van der Waals surface area contributed by atoms with Gasteiger partial charge in [0.15, 0.2) is 11.6 Å². The van der Waals surface area contributed by atoms with Gasteiger partial charge in [-0.3, -0.25) is 4.79 Å². The molecule has 1 aliphatic heterocycles. The van der Waals surface area contributed by atoms with Crippen molar-refractivity contribution in [3.63, 3.8) is 0 Å². The van der Waals surface area contributed by atoms with Crippen molar-refractivity contribution < 1.29 is 4.79 Å². The average Bonchev–Trinajstić information content (AvgIpc) is 3.19. The van der Waals surface area contributed by atoms with Crippen molar-refractivity contribution in [2.75, 3.05) is 0 Å². The molecule has 0 N–H and O–H groups in total. The van der Waals surface area contributed by atoms with Crippen molar-refractivity contribution in [2.24, 2.45) is 20.8 Å². The molecule has 162 valence electrons. The number of hydrogen-bond donors (Lipinski definition) is 0. The van der Waals surface area contributed by atoms with Crippen molar-refractivity contribution in [2.45, 2.75) is 41.5 Å². The van der Waals surface area contributed by atoms with Gasteiger partial charge in [-0.25, -0.2) is 9.98 Å². The Morgan fingerprint density at radius 2 is 0.969 bits per heavy atom. The van der Waals surface area contributed by atoms with Crippen molar-refractivity contribution in [1.29, 1.82) is 0 Å². The van der Waals surface area contributed by atoms with Gasteiger partial charge in [0, 0.05) is 27.8 Å². The topological polar surface area (TPSA) is 41.8 Å². The van der Waals surface area contributed by atoms with Gasteiger partial charge in [0.2, 0.25) is 0 Å². The van der Waals surface area contributed by atoms with Gasteiger partial charge >= 0.3 is 0 Å². The molecule has 1 heterocycles. The minimum absolute atomic E-state index is 0.117. The maximum Gasteiger partial charge on any atom is 0.186 e. The van der Waals surface area contributed by atoms with E-state index in [9.17, 15) is 4.79 Å². The van der Waals surface area contributed by atoms with Gasteiger partial charge in [-0.2, -0.15) is 0 Å². The molecule has 32 heavy (non-hydrogen) atoms. The van der Waals surface area contributed by atoms with Crippen molar-refractivity contribution in [1.82, 2.24) is 0 Å². The molecule has 0 aromatic heterocycles. The molecule has 1 aliphatic carbocycles. The first-order chi connectivity index (χ1) is 15.1. The SMILES string of the molecule is CC(C)(C)C1=CC(=C2N=C(c3ccccc3)C(c3ccccc3)=N2)C=C(C(C)(C)C)C1=O. The van der Waals surface area contributed by atoms with Crippen LogP contribution in [0.2, 0.25) is 0 Å². The number of ketones is 1. The smallest absolute Gasteiger partial charge is 0.186 e. The zero-order chi connectivity index (χ0) is 23.1. The van der Waals surface area contributed by atoms with Gasteiger partial charge in [0.1, 0.15) is 0 Å². The summed E-state index contributed by atoms with van der Waals surface area (Å²) >= 11 is 0. The zero-order valence-corrected chi connectivity index (χ0v) is 19.7. The quantitative estimate of drug-likeness (QED) is 0.530. The van der Waals surface area contributed by atoms with Crippen LogP contribution in [0.25, 0.3) is 0 Å². The van der Waals surface area contributed by atoms with Crippen LogP contribution in [0.15, 0.2) is 105 Å². The number of aliphatic imine (C=N–C) groups is 2. The fourth-order valence-electron chi connectivity index (χ4n) is 3.94. The van der Waals surface area contributed by atoms with Crippen LogP contribution in [0.1, 0.15) is 52.7 Å². The second-order valence-corrected chi connectivity index (χ2v) is 10.4. The van der Waals surface area contributed by atoms with E-state index in [-0.39, 0.29) is 16.6 Å². The van der Waals surface area contributed by atoms with Crippen LogP contribution in [0.3, 0.4) is 0 Å². The molecule has 2 aromatic rings. The lowest BCUT2D eigenvalue weighted by atomic mass is 9.72. The highest BCUT2D eigenvalue weighted by Gasteiger charge is 2.35. The van der Waals surface area contributed by atoms with E-state index in [0.29, 0.717) is 5.82 Å². The summed E-state index contributed by atoms with van der Waals surface area (Å²) in [4.78, 5) is 23.3. The molecule has 3 nitrogen and oxygen atoms in total. The van der Waals surface area contributed by atoms with Gasteiger partial charge < -0.3 is 0 Å². The molecule has 0 bridgehead atoms. The normalized spacial score (nSPS) is 17.1. The lowest BCUT2D eigenvalue weighted by Crippen LogP contribution is -2.28. The molecule has 0 fully saturated rings. The second kappa shape index (κ2) is 7.98. The van der Waals surface area contributed by atoms with Gasteiger partial charge in [0.05, 0.1) is 11.4 Å². The van der Waals surface area contributed by atoms with Crippen LogP contribution >= 0.6 is 0 Å². The van der Waals surface area contributed by atoms with Crippen molar-refractivity contribution in [3.8, 4) is 0 Å². The van der Waals surface area contributed by atoms with E-state index in [4.69, 9.17) is 9.98 Å². The predicted molar refractivity (Wildman–Crippen MR) is 133 cm³/mol. The van der Waals surface area contributed by atoms with E-state index in [1.165, 1.54) is 0 Å². The number of allylic oxidation sites excluding steroid dienone is 5. The molecule has 2 aromatic carbocycles. The summed E-state index contributed by atoms with van der Waals surface area (Å²) in [6.45, 7) is 12.5. The first-order valence-electron chi connectivity index (χ1n) is 11.1. The Morgan fingerprint density at radius 1 is 0.594 bits per heavy atom. The fraction of sp³-hybridized carbons (Fsp3) is 0.276. The van der Waals surface area contributed by atoms with Gasteiger partial charge in [-0.1, -0.05) is 102 Å². The number of Topliss-reactive ketones (excluding diaryl/α,β-unsaturated/α-hetero) is 1. The monoisotopic (exact) mass is 422 g/mol. The highest BCUT2D eigenvalue weighted by atomic mass is 16.1. The van der Waals surface area contributed by atoms with Crippen molar-refractivity contribution >= 4 is 17.2 Å². The van der Waals surface area contributed by atoms with E-state index in [2.05, 4.69) is 65.8 Å². The first-order valence-corrected chi connectivity index (χ1v) is 11.1. The number of hydrogen-bond acceptors (Lipinski definition) is 3. The number of carbonyl (C=O) groups excluding carboxylic acids is 1. The Hall–Kier alpha value is -3.33. The molecule has 0 unspecified atom stereocenters. The largest absolute Gasteiger partial charge is 0.289 e. The summed E-state index contributed by atoms with van der Waals surface area (Å²) in [6.07, 6.45) is 3.97. The van der Waals surface area contributed by atoms with Gasteiger partial charge in [-0.05, 0) is 23.0 Å². The summed E-state index contributed by atoms with van der Waals surface area (Å²) < 4.78 is 0. The average molecular weight is 423 g/mol. The third-order valence-electron chi connectivity index (χ3n) is 5.72. The molecule has 4 rings (SSSR count). The Morgan fingerprint density at radius 3 is 1.31 bits per heavy atom. The summed E-state index contributed by atoms with van der Waals surface area (Å²) in [5, 5.41) is 0. The molecular weight excluding hydrogens is 392 g/mol. The third kappa shape index (κ3) is 4.20. The lowest BCUT2D eigenvalue weighted by molar-refractivity contribution is -0.114. The first kappa shape index (κ1) is 21.9. The molecular formula is C29H30N2O. The molecule has 3 heteroatoms. The van der Waals surface area contributed by atoms with Crippen LogP contribution in [-0.4, -0.2) is 17.2 Å². The summed E-state index contributed by atoms with van der Waals surface area (Å²) in [7, 11) is 0. The predicted octanol–water partition coefficient (Wildman–Crippen LogP) is 6.72.